The van der Waals surface area contributed by atoms with Crippen LogP contribution in [0.5, 0.6) is 0 Å². The van der Waals surface area contributed by atoms with E-state index in [1.807, 2.05) is 0 Å². The van der Waals surface area contributed by atoms with Gasteiger partial charge in [0.05, 0.1) is 0 Å². The molecule has 0 saturated carbocycles. The van der Waals surface area contributed by atoms with E-state index in [1.54, 1.807) is 18.5 Å². The first-order valence-corrected chi connectivity index (χ1v) is 5.80. The molecule has 0 bridgehead atoms. The van der Waals surface area contributed by atoms with Gasteiger partial charge in [-0.15, -0.1) is 6.07 Å². The fraction of sp³-hybridized carbons (Fsp3) is 0. The van der Waals surface area contributed by atoms with Crippen LogP contribution in [-0.2, 0) is 17.3 Å². The zero-order valence-electron chi connectivity index (χ0n) is 4.21. The first kappa shape index (κ1) is 7.99. The molecule has 0 N–H and O–H groups in total. The van der Waals surface area contributed by atoms with Crippen LogP contribution in [-0.4, -0.2) is 9.97 Å². The second-order valence-corrected chi connectivity index (χ2v) is 0.849. The van der Waals surface area contributed by atoms with Crippen molar-refractivity contribution in [1.29, 1.82) is 0 Å². The van der Waals surface area contributed by atoms with Gasteiger partial charge in [0, 0.05) is 6.33 Å². The van der Waals surface area contributed by atoms with E-state index in [2.05, 4.69) is 16.3 Å². The van der Waals surface area contributed by atoms with Crippen molar-refractivity contribution >= 4 is 9.69 Å². The van der Waals surface area contributed by atoms with Crippen molar-refractivity contribution in [3.63, 3.8) is 0 Å². The van der Waals surface area contributed by atoms with Gasteiger partial charge in [-0.05, 0) is 0 Å². The molecule has 0 fully saturated rings. The maximum atomic E-state index is 4.76. The average molecular weight is 180 g/mol. The Kier molecular flexibility index (Phi) is 6.99. The number of halogens is 1. The topological polar surface area (TPSA) is 25.8 Å². The van der Waals surface area contributed by atoms with Crippen LogP contribution in [0.3, 0.4) is 0 Å². The molecule has 0 unspecified atom stereocenters. The Morgan fingerprint density at radius 2 is 1.75 bits per heavy atom. The molecule has 0 radical (unpaired) electrons. The van der Waals surface area contributed by atoms with E-state index in [0.717, 1.165) is 17.3 Å². The van der Waals surface area contributed by atoms with Gasteiger partial charge in [-0.2, -0.15) is 0 Å². The summed E-state index contributed by atoms with van der Waals surface area (Å²) in [7, 11) is 4.76. The van der Waals surface area contributed by atoms with Gasteiger partial charge in [-0.1, -0.05) is 12.4 Å². The van der Waals surface area contributed by atoms with Crippen molar-refractivity contribution in [1.82, 2.24) is 9.97 Å². The summed E-state index contributed by atoms with van der Waals surface area (Å²) < 4.78 is 0. The van der Waals surface area contributed by atoms with Crippen molar-refractivity contribution in [3.05, 3.63) is 24.8 Å². The van der Waals surface area contributed by atoms with Crippen LogP contribution in [0, 0.1) is 6.33 Å². The van der Waals surface area contributed by atoms with Gasteiger partial charge in [0.25, 0.3) is 0 Å². The summed E-state index contributed by atoms with van der Waals surface area (Å²) in [5.74, 6) is 0. The molecule has 0 atom stereocenters. The zero-order valence-corrected chi connectivity index (χ0v) is 7.93. The van der Waals surface area contributed by atoms with Gasteiger partial charge in [0.2, 0.25) is 0 Å². The molecular weight excluding hydrogens is 177 g/mol. The number of nitrogens with zero attached hydrogens (tertiary/aromatic N) is 2. The van der Waals surface area contributed by atoms with E-state index >= 15 is 0 Å². The Bertz CT molecular complexity index is 86.0. The molecule has 0 aliphatic heterocycles. The second-order valence-electron chi connectivity index (χ2n) is 0.849. The molecule has 1 aromatic heterocycles. The Hall–Kier alpha value is -0.00662. The van der Waals surface area contributed by atoms with E-state index in [0.29, 0.717) is 0 Å². The summed E-state index contributed by atoms with van der Waals surface area (Å²) in [5, 5.41) is 0. The standard InChI is InChI=1S/C4H3N2.ClH.Zn/c1-2-5-4-6-3-1;;/h1-3H;1H;/q-1;;+2/p-1. The second kappa shape index (κ2) is 6.99. The van der Waals surface area contributed by atoms with Crippen molar-refractivity contribution < 1.29 is 17.3 Å². The van der Waals surface area contributed by atoms with Crippen molar-refractivity contribution in [3.8, 4) is 0 Å². The van der Waals surface area contributed by atoms with Crippen LogP contribution < -0.4 is 0 Å². The molecule has 0 aliphatic carbocycles. The molecule has 0 saturated heterocycles. The van der Waals surface area contributed by atoms with Crippen molar-refractivity contribution in [2.75, 3.05) is 0 Å². The van der Waals surface area contributed by atoms with Gasteiger partial charge in [0.15, 0.2) is 0 Å². The smallest absolute Gasteiger partial charge is 0.0213 e. The molecule has 1 heterocycles. The number of rotatable bonds is 0. The van der Waals surface area contributed by atoms with Crippen LogP contribution in [0.25, 0.3) is 0 Å². The fourth-order valence-corrected chi connectivity index (χ4v) is 0.225. The normalized spacial score (nSPS) is 6.88. The Balaban J connectivity index is 0.000000222. The summed E-state index contributed by atoms with van der Waals surface area (Å²) in [6, 6.07) is 1.75. The molecule has 0 aromatic carbocycles. The quantitative estimate of drug-likeness (QED) is 0.439. The summed E-state index contributed by atoms with van der Waals surface area (Å²) in [6.07, 6.45) is 5.66. The summed E-state index contributed by atoms with van der Waals surface area (Å²) in [4.78, 5) is 7.10. The van der Waals surface area contributed by atoms with Crippen molar-refractivity contribution in [2.45, 2.75) is 0 Å². The van der Waals surface area contributed by atoms with E-state index in [1.165, 1.54) is 0 Å². The van der Waals surface area contributed by atoms with Crippen LogP contribution in [0.2, 0.25) is 0 Å². The molecule has 38 valence electrons. The molecule has 4 heteroatoms. The van der Waals surface area contributed by atoms with E-state index in [9.17, 15) is 0 Å². The number of hydrogen-bond acceptors (Lipinski definition) is 2. The molecule has 1 rings (SSSR count). The van der Waals surface area contributed by atoms with Crippen LogP contribution in [0.15, 0.2) is 18.5 Å². The Labute approximate surface area is 62.0 Å². The molecule has 8 heavy (non-hydrogen) atoms. The predicted molar refractivity (Wildman–Crippen MR) is 26.7 cm³/mol. The third-order valence-corrected chi connectivity index (χ3v) is 0.437. The Morgan fingerprint density at radius 3 is 1.88 bits per heavy atom. The van der Waals surface area contributed by atoms with Gasteiger partial charge < -0.3 is 9.97 Å². The largest absolute Gasteiger partial charge is 0.374 e. The van der Waals surface area contributed by atoms with Crippen LogP contribution >= 0.6 is 9.69 Å². The molecule has 0 aliphatic rings. The molecule has 2 nitrogen and oxygen atoms in total. The zero-order chi connectivity index (χ0) is 6.24. The SMILES string of the molecule is [Cl][Zn+].[c-]1ncccn1. The fourth-order valence-electron chi connectivity index (χ4n) is 0.225. The predicted octanol–water partition coefficient (Wildman–Crippen LogP) is 0.964. The third kappa shape index (κ3) is 4.16. The monoisotopic (exact) mass is 178 g/mol. The number of aromatic nitrogens is 2. The van der Waals surface area contributed by atoms with Gasteiger partial charge >= 0.3 is 27.0 Å². The van der Waals surface area contributed by atoms with E-state index < -0.39 is 0 Å². The molecule has 0 amide bonds. The van der Waals surface area contributed by atoms with Gasteiger partial charge in [0.1, 0.15) is 0 Å². The first-order valence-electron chi connectivity index (χ1n) is 1.90. The maximum Gasteiger partial charge on any atom is 0.0213 e. The van der Waals surface area contributed by atoms with Crippen LogP contribution in [0.4, 0.5) is 0 Å². The minimum Gasteiger partial charge on any atom is -0.374 e. The molecule has 0 spiro atoms. The molecular formula is C4H3ClN2Zn. The third-order valence-electron chi connectivity index (χ3n) is 0.437. The van der Waals surface area contributed by atoms with Gasteiger partial charge in [-0.25, -0.2) is 0 Å². The summed E-state index contributed by atoms with van der Waals surface area (Å²) in [5.41, 5.74) is 0. The molecule has 1 aromatic rings. The minimum absolute atomic E-state index is 0.847. The van der Waals surface area contributed by atoms with Gasteiger partial charge in [-0.3, -0.25) is 0 Å². The first-order chi connectivity index (χ1) is 4.00. The maximum absolute atomic E-state index is 4.76. The minimum atomic E-state index is 0.847. The van der Waals surface area contributed by atoms with Crippen molar-refractivity contribution in [2.24, 2.45) is 0 Å². The Morgan fingerprint density at radius 1 is 1.25 bits per heavy atom. The van der Waals surface area contributed by atoms with Crippen LogP contribution in [0.1, 0.15) is 0 Å². The summed E-state index contributed by atoms with van der Waals surface area (Å²) >= 11 is 0.847. The summed E-state index contributed by atoms with van der Waals surface area (Å²) in [6.45, 7) is 0. The van der Waals surface area contributed by atoms with E-state index in [-0.39, 0.29) is 0 Å². The average Bonchev–Trinajstić information content (AvgIpc) is 1.96. The number of hydrogen-bond donors (Lipinski definition) is 0. The van der Waals surface area contributed by atoms with E-state index in [4.69, 9.17) is 9.69 Å².